The van der Waals surface area contributed by atoms with Crippen LogP contribution in [0.1, 0.15) is 68.9 Å². The van der Waals surface area contributed by atoms with E-state index in [0.717, 1.165) is 24.3 Å². The van der Waals surface area contributed by atoms with E-state index >= 15 is 17.6 Å². The maximum absolute atomic E-state index is 15.5. The molecule has 13 nitrogen and oxygen atoms in total. The van der Waals surface area contributed by atoms with Crippen molar-refractivity contribution in [3.63, 3.8) is 0 Å². The number of halogens is 7. The topological polar surface area (TPSA) is 160 Å². The number of anilines is 4. The van der Waals surface area contributed by atoms with E-state index in [1.807, 2.05) is 4.90 Å². The van der Waals surface area contributed by atoms with E-state index in [4.69, 9.17) is 0 Å². The Kier molecular flexibility index (Phi) is 12.4. The van der Waals surface area contributed by atoms with Gasteiger partial charge in [-0.2, -0.15) is 18.2 Å². The molecular formula is C39H45F7N8O5S. The lowest BCUT2D eigenvalue weighted by molar-refractivity contribution is -0.138. The fourth-order valence-corrected chi connectivity index (χ4v) is 9.80. The summed E-state index contributed by atoms with van der Waals surface area (Å²) in [6, 6.07) is 3.95. The Morgan fingerprint density at radius 2 is 1.68 bits per heavy atom. The van der Waals surface area contributed by atoms with E-state index in [-0.39, 0.29) is 61.8 Å². The number of aliphatic hydroxyl groups is 1. The molecule has 3 aromatic rings. The first-order valence-electron chi connectivity index (χ1n) is 19.7. The second-order valence-electron chi connectivity index (χ2n) is 16.3. The number of aromatic nitrogens is 2. The van der Waals surface area contributed by atoms with Crippen molar-refractivity contribution >= 4 is 45.0 Å². The Hall–Kier alpha value is -4.60. The second-order valence-corrected chi connectivity index (χ2v) is 18.0. The molecule has 60 heavy (non-hydrogen) atoms. The third kappa shape index (κ3) is 9.79. The van der Waals surface area contributed by atoms with Crippen molar-refractivity contribution in [3.8, 4) is 0 Å². The van der Waals surface area contributed by atoms with Crippen LogP contribution in [0.25, 0.3) is 0 Å². The van der Waals surface area contributed by atoms with Crippen LogP contribution in [0, 0.1) is 23.4 Å². The molecule has 7 rings (SSSR count). The lowest BCUT2D eigenvalue weighted by Gasteiger charge is -2.39. The van der Waals surface area contributed by atoms with E-state index in [0.29, 0.717) is 64.1 Å². The summed E-state index contributed by atoms with van der Waals surface area (Å²) in [4.78, 5) is 35.6. The molecule has 4 aliphatic rings. The zero-order valence-electron chi connectivity index (χ0n) is 32.5. The fraction of sp³-hybridized carbons (Fsp3) is 0.538. The molecule has 2 amide bonds. The van der Waals surface area contributed by atoms with Crippen molar-refractivity contribution in [2.45, 2.75) is 86.7 Å². The summed E-state index contributed by atoms with van der Waals surface area (Å²) in [6.45, 7) is 2.97. The standard InChI is InChI=1S/C39H45F7N8O5S/c1-38(57)10-2-11-54(21-38)35-26(39(44,45)46)18-47-37(50-35)48-31-5-3-24(17-27(31)40)60(58,59)51-32-9-12-52(20-30(32)43)19-22-7-13-53(14-8-22)34-28(41)15-23(16-29(34)42)25-4-6-33(55)49-36(25)56/h3,5,15-18,22,25,30,32,51,57H,2,4,6-14,19-21H2,1H3,(H,47,48,50)(H,49,55,56)/t25?,30-,32+,38-/m0/s1. The molecule has 0 bridgehead atoms. The lowest BCUT2D eigenvalue weighted by Crippen LogP contribution is -2.53. The van der Waals surface area contributed by atoms with Gasteiger partial charge in [-0.25, -0.2) is 35.7 Å². The van der Waals surface area contributed by atoms with Crippen molar-refractivity contribution in [2.24, 2.45) is 5.92 Å². The zero-order valence-corrected chi connectivity index (χ0v) is 33.4. The number of hydrogen-bond acceptors (Lipinski definition) is 11. The molecule has 4 fully saturated rings. The number of piperidine rings is 4. The predicted molar refractivity (Wildman–Crippen MR) is 205 cm³/mol. The van der Waals surface area contributed by atoms with Crippen LogP contribution in [0.5, 0.6) is 0 Å². The van der Waals surface area contributed by atoms with Crippen molar-refractivity contribution in [1.29, 1.82) is 0 Å². The monoisotopic (exact) mass is 870 g/mol. The number of carbonyl (C=O) groups is 2. The molecule has 0 radical (unpaired) electrons. The highest BCUT2D eigenvalue weighted by molar-refractivity contribution is 7.89. The maximum atomic E-state index is 15.5. The molecule has 0 saturated carbocycles. The number of amides is 2. The maximum Gasteiger partial charge on any atom is 0.421 e. The van der Waals surface area contributed by atoms with Gasteiger partial charge in [0.05, 0.1) is 28.1 Å². The Morgan fingerprint density at radius 1 is 0.967 bits per heavy atom. The molecular weight excluding hydrogens is 826 g/mol. The first-order valence-corrected chi connectivity index (χ1v) is 21.2. The molecule has 4 aliphatic heterocycles. The molecule has 4 saturated heterocycles. The van der Waals surface area contributed by atoms with Gasteiger partial charge in [0.25, 0.3) is 0 Å². The SMILES string of the molecule is C[C@]1(O)CCCN(c2nc(Nc3ccc(S(=O)(=O)N[C@@H]4CCN(CC5CCN(c6c(F)cc(C7CCC(=O)NC7=O)cc6F)CC5)C[C@@H]4F)cc3F)ncc2C(F)(F)F)C1. The summed E-state index contributed by atoms with van der Waals surface area (Å²) in [5.74, 6) is -5.36. The van der Waals surface area contributed by atoms with Crippen molar-refractivity contribution in [1.82, 2.24) is 24.9 Å². The van der Waals surface area contributed by atoms with E-state index in [1.165, 1.54) is 11.8 Å². The molecule has 326 valence electrons. The van der Waals surface area contributed by atoms with E-state index in [1.54, 1.807) is 4.90 Å². The largest absolute Gasteiger partial charge is 0.421 e. The molecule has 0 aliphatic carbocycles. The molecule has 5 heterocycles. The summed E-state index contributed by atoms with van der Waals surface area (Å²) in [5, 5.41) is 15.2. The minimum Gasteiger partial charge on any atom is -0.388 e. The number of nitrogens with one attached hydrogen (secondary N) is 3. The average Bonchev–Trinajstić information content (AvgIpc) is 3.16. The van der Waals surface area contributed by atoms with E-state index in [9.17, 15) is 36.3 Å². The van der Waals surface area contributed by atoms with Gasteiger partial charge in [-0.1, -0.05) is 0 Å². The van der Waals surface area contributed by atoms with Crippen LogP contribution in [0.3, 0.4) is 0 Å². The van der Waals surface area contributed by atoms with E-state index in [2.05, 4.69) is 25.3 Å². The summed E-state index contributed by atoms with van der Waals surface area (Å²) >= 11 is 0. The van der Waals surface area contributed by atoms with Gasteiger partial charge in [0.2, 0.25) is 27.8 Å². The van der Waals surface area contributed by atoms with Crippen LogP contribution >= 0.6 is 0 Å². The molecule has 0 spiro atoms. The number of imide groups is 1. The number of alkyl halides is 4. The second kappa shape index (κ2) is 17.0. The van der Waals surface area contributed by atoms with Gasteiger partial charge >= 0.3 is 6.18 Å². The summed E-state index contributed by atoms with van der Waals surface area (Å²) < 4.78 is 132. The fourth-order valence-electron chi connectivity index (χ4n) is 8.50. The van der Waals surface area contributed by atoms with Crippen molar-refractivity contribution in [3.05, 3.63) is 65.1 Å². The highest BCUT2D eigenvalue weighted by Crippen LogP contribution is 2.38. The molecule has 4 N–H and O–H groups in total. The molecule has 21 heteroatoms. The normalized spacial score (nSPS) is 25.1. The van der Waals surface area contributed by atoms with Crippen LogP contribution < -0.4 is 25.2 Å². The van der Waals surface area contributed by atoms with Crippen molar-refractivity contribution < 1.29 is 53.8 Å². The number of benzene rings is 2. The molecule has 2 aromatic carbocycles. The van der Waals surface area contributed by atoms with Crippen molar-refractivity contribution in [2.75, 3.05) is 60.9 Å². The Morgan fingerprint density at radius 3 is 2.32 bits per heavy atom. The van der Waals surface area contributed by atoms with Crippen LogP contribution in [-0.2, 0) is 25.8 Å². The smallest absolute Gasteiger partial charge is 0.388 e. The Labute approximate surface area is 341 Å². The molecule has 4 atom stereocenters. The zero-order chi connectivity index (χ0) is 43.1. The van der Waals surface area contributed by atoms with Crippen LogP contribution in [-0.4, -0.2) is 104 Å². The van der Waals surface area contributed by atoms with Gasteiger partial charge in [-0.15, -0.1) is 0 Å². The van der Waals surface area contributed by atoms with Gasteiger partial charge in [0.15, 0.2) is 0 Å². The van der Waals surface area contributed by atoms with Gasteiger partial charge in [-0.3, -0.25) is 14.9 Å². The quantitative estimate of drug-likeness (QED) is 0.158. The minimum absolute atomic E-state index is 0.0751. The van der Waals surface area contributed by atoms with Crippen LogP contribution in [0.4, 0.5) is 53.9 Å². The first-order chi connectivity index (χ1) is 28.3. The Bertz CT molecular complexity index is 2200. The Balaban J connectivity index is 0.918. The third-order valence-electron chi connectivity index (χ3n) is 11.6. The highest BCUT2D eigenvalue weighted by Gasteiger charge is 2.40. The average molecular weight is 871 g/mol. The number of β-amino-alcohol motifs (C(OH)–C–C–N with tert-alkyl or cyclic N) is 1. The molecule has 1 unspecified atom stereocenters. The number of likely N-dealkylation sites (tertiary alicyclic amines) is 1. The number of sulfonamides is 1. The molecule has 1 aromatic heterocycles. The van der Waals surface area contributed by atoms with Crippen LogP contribution in [0.15, 0.2) is 41.4 Å². The third-order valence-corrected chi connectivity index (χ3v) is 13.1. The summed E-state index contributed by atoms with van der Waals surface area (Å²) in [6.07, 6.45) is -3.63. The van der Waals surface area contributed by atoms with Crippen LogP contribution in [0.2, 0.25) is 0 Å². The number of nitrogens with zero attached hydrogens (tertiary/aromatic N) is 5. The lowest BCUT2D eigenvalue weighted by atomic mass is 9.89. The van der Waals surface area contributed by atoms with Gasteiger partial charge in [-0.05, 0) is 93.8 Å². The van der Waals surface area contributed by atoms with Gasteiger partial charge < -0.3 is 25.1 Å². The van der Waals surface area contributed by atoms with E-state index < -0.39 is 91.4 Å². The minimum atomic E-state index is -4.82. The highest BCUT2D eigenvalue weighted by atomic mass is 32.2. The number of rotatable bonds is 10. The number of hydrogen-bond donors (Lipinski definition) is 4. The summed E-state index contributed by atoms with van der Waals surface area (Å²) in [7, 11) is -4.42. The predicted octanol–water partition coefficient (Wildman–Crippen LogP) is 5.14. The van der Waals surface area contributed by atoms with Gasteiger partial charge in [0.1, 0.15) is 40.7 Å². The summed E-state index contributed by atoms with van der Waals surface area (Å²) in [5.41, 5.74) is -2.76. The first kappa shape index (κ1) is 43.5. The number of carbonyl (C=O) groups excluding carboxylic acids is 2. The van der Waals surface area contributed by atoms with Gasteiger partial charge in [0, 0.05) is 51.9 Å².